The van der Waals surface area contributed by atoms with Gasteiger partial charge in [0.1, 0.15) is 12.8 Å². The molecule has 0 aromatic carbocycles. The summed E-state index contributed by atoms with van der Waals surface area (Å²) in [6.45, 7) is -0.646. The lowest BCUT2D eigenvalue weighted by Gasteiger charge is -2.32. The minimum Gasteiger partial charge on any atom is -0.388 e. The lowest BCUT2D eigenvalue weighted by atomic mass is 9.90. The first-order chi connectivity index (χ1) is 5.22. The third-order valence-corrected chi connectivity index (χ3v) is 1.83. The summed E-state index contributed by atoms with van der Waals surface area (Å²) in [6.07, 6.45) is 0.843. The number of rotatable bonds is 4. The predicted octanol–water partition coefficient (Wildman–Crippen LogP) is -0.177. The second-order valence-corrected chi connectivity index (χ2v) is 2.99. The molecule has 1 fully saturated rings. The lowest BCUT2D eigenvalue weighted by Crippen LogP contribution is -2.42. The van der Waals surface area contributed by atoms with E-state index in [-0.39, 0.29) is 18.8 Å². The molecule has 1 atom stereocenters. The average molecular weight is 163 g/mol. The van der Waals surface area contributed by atoms with Gasteiger partial charge in [-0.2, -0.15) is 0 Å². The molecule has 0 aromatic heterocycles. The smallest absolute Gasteiger partial charge is 0.118 e. The normalized spacial score (nSPS) is 33.0. The van der Waals surface area contributed by atoms with Gasteiger partial charge in [0.2, 0.25) is 0 Å². The zero-order valence-electron chi connectivity index (χ0n) is 6.37. The maximum absolute atomic E-state index is 11.7. The SMILES string of the molecule is NC1CC(OCC(O)CF)C1. The number of nitrogens with two attached hydrogens (primary N) is 1. The molecule has 0 aromatic rings. The van der Waals surface area contributed by atoms with E-state index in [1.165, 1.54) is 0 Å². The third kappa shape index (κ3) is 2.73. The molecular formula is C7H14FNO2. The van der Waals surface area contributed by atoms with Crippen LogP contribution < -0.4 is 5.73 Å². The Morgan fingerprint density at radius 1 is 1.64 bits per heavy atom. The van der Waals surface area contributed by atoms with Crippen LogP contribution in [0.4, 0.5) is 4.39 Å². The van der Waals surface area contributed by atoms with Crippen molar-refractivity contribution in [3.8, 4) is 0 Å². The molecule has 0 spiro atoms. The summed E-state index contributed by atoms with van der Waals surface area (Å²) in [6, 6.07) is 0.238. The van der Waals surface area contributed by atoms with Crippen LogP contribution in [0.15, 0.2) is 0 Å². The zero-order valence-corrected chi connectivity index (χ0v) is 6.37. The first-order valence-corrected chi connectivity index (χ1v) is 3.83. The highest BCUT2D eigenvalue weighted by molar-refractivity contribution is 4.82. The van der Waals surface area contributed by atoms with E-state index in [9.17, 15) is 4.39 Å². The molecule has 0 radical (unpaired) electrons. The summed E-state index contributed by atoms with van der Waals surface area (Å²) in [5.41, 5.74) is 5.49. The summed E-state index contributed by atoms with van der Waals surface area (Å²) in [4.78, 5) is 0. The maximum atomic E-state index is 11.7. The summed E-state index contributed by atoms with van der Waals surface area (Å²) < 4.78 is 16.8. The second kappa shape index (κ2) is 3.99. The van der Waals surface area contributed by atoms with E-state index in [1.54, 1.807) is 0 Å². The van der Waals surface area contributed by atoms with Crippen molar-refractivity contribution >= 4 is 0 Å². The molecule has 0 aliphatic heterocycles. The van der Waals surface area contributed by atoms with Gasteiger partial charge < -0.3 is 15.6 Å². The Morgan fingerprint density at radius 2 is 2.27 bits per heavy atom. The van der Waals surface area contributed by atoms with Gasteiger partial charge >= 0.3 is 0 Å². The fraction of sp³-hybridized carbons (Fsp3) is 1.00. The van der Waals surface area contributed by atoms with E-state index in [1.807, 2.05) is 0 Å². The highest BCUT2D eigenvalue weighted by Crippen LogP contribution is 2.21. The summed E-state index contributed by atoms with van der Waals surface area (Å²) in [5.74, 6) is 0. The van der Waals surface area contributed by atoms with Gasteiger partial charge in [0, 0.05) is 6.04 Å². The molecule has 3 N–H and O–H groups in total. The Morgan fingerprint density at radius 3 is 2.73 bits per heavy atom. The zero-order chi connectivity index (χ0) is 8.27. The molecule has 0 heterocycles. The molecule has 66 valence electrons. The molecule has 3 nitrogen and oxygen atoms in total. The molecule has 1 aliphatic carbocycles. The number of halogens is 1. The van der Waals surface area contributed by atoms with Gasteiger partial charge in [0.15, 0.2) is 0 Å². The highest BCUT2D eigenvalue weighted by Gasteiger charge is 2.26. The van der Waals surface area contributed by atoms with Crippen molar-refractivity contribution in [1.82, 2.24) is 0 Å². The Kier molecular flexibility index (Phi) is 3.23. The molecular weight excluding hydrogens is 149 g/mol. The monoisotopic (exact) mass is 163 g/mol. The van der Waals surface area contributed by atoms with Gasteiger partial charge in [0.05, 0.1) is 12.7 Å². The van der Waals surface area contributed by atoms with E-state index >= 15 is 0 Å². The number of ether oxygens (including phenoxy) is 1. The van der Waals surface area contributed by atoms with Crippen LogP contribution in [0.1, 0.15) is 12.8 Å². The van der Waals surface area contributed by atoms with Gasteiger partial charge in [-0.3, -0.25) is 0 Å². The topological polar surface area (TPSA) is 55.5 Å². The average Bonchev–Trinajstić information content (AvgIpc) is 1.95. The number of hydrogen-bond acceptors (Lipinski definition) is 3. The standard InChI is InChI=1S/C7H14FNO2/c8-3-6(10)4-11-7-1-5(9)2-7/h5-7,10H,1-4,9H2. The summed E-state index contributed by atoms with van der Waals surface area (Å²) in [5, 5.41) is 8.76. The maximum Gasteiger partial charge on any atom is 0.118 e. The van der Waals surface area contributed by atoms with Crippen LogP contribution in [-0.4, -0.2) is 36.6 Å². The van der Waals surface area contributed by atoms with Crippen LogP contribution in [0.2, 0.25) is 0 Å². The summed E-state index contributed by atoms with van der Waals surface area (Å²) in [7, 11) is 0. The van der Waals surface area contributed by atoms with Crippen LogP contribution >= 0.6 is 0 Å². The number of aliphatic hydroxyl groups is 1. The molecule has 11 heavy (non-hydrogen) atoms. The van der Waals surface area contributed by atoms with Gasteiger partial charge in [-0.1, -0.05) is 0 Å². The van der Waals surface area contributed by atoms with Crippen molar-refractivity contribution in [3.05, 3.63) is 0 Å². The molecule has 1 rings (SSSR count). The molecule has 4 heteroatoms. The van der Waals surface area contributed by atoms with Crippen molar-refractivity contribution in [1.29, 1.82) is 0 Å². The van der Waals surface area contributed by atoms with Crippen molar-refractivity contribution in [2.24, 2.45) is 5.73 Å². The fourth-order valence-electron chi connectivity index (χ4n) is 1.03. The Bertz CT molecular complexity index is 117. The molecule has 1 aliphatic rings. The number of hydrogen-bond donors (Lipinski definition) is 2. The summed E-state index contributed by atoms with van der Waals surface area (Å²) >= 11 is 0. The predicted molar refractivity (Wildman–Crippen MR) is 38.9 cm³/mol. The van der Waals surface area contributed by atoms with Gasteiger partial charge in [0.25, 0.3) is 0 Å². The van der Waals surface area contributed by atoms with E-state index in [2.05, 4.69) is 0 Å². The molecule has 0 saturated heterocycles. The van der Waals surface area contributed by atoms with Crippen molar-refractivity contribution in [2.75, 3.05) is 13.3 Å². The minimum absolute atomic E-state index is 0.0912. The third-order valence-electron chi connectivity index (χ3n) is 1.83. The number of aliphatic hydroxyl groups excluding tert-OH is 1. The molecule has 0 amide bonds. The van der Waals surface area contributed by atoms with Crippen molar-refractivity contribution < 1.29 is 14.2 Å². The van der Waals surface area contributed by atoms with Crippen molar-refractivity contribution in [3.63, 3.8) is 0 Å². The van der Waals surface area contributed by atoms with Gasteiger partial charge in [-0.25, -0.2) is 4.39 Å². The fourth-order valence-corrected chi connectivity index (χ4v) is 1.03. The quantitative estimate of drug-likeness (QED) is 0.604. The first-order valence-electron chi connectivity index (χ1n) is 3.83. The highest BCUT2D eigenvalue weighted by atomic mass is 19.1. The Hall–Kier alpha value is -0.190. The van der Waals surface area contributed by atoms with Crippen LogP contribution in [0.25, 0.3) is 0 Å². The van der Waals surface area contributed by atoms with Crippen molar-refractivity contribution in [2.45, 2.75) is 31.1 Å². The Balaban J connectivity index is 1.96. The second-order valence-electron chi connectivity index (χ2n) is 2.99. The largest absolute Gasteiger partial charge is 0.388 e. The first kappa shape index (κ1) is 8.90. The van der Waals surface area contributed by atoms with Crippen LogP contribution in [-0.2, 0) is 4.74 Å². The molecule has 1 unspecified atom stereocenters. The lowest BCUT2D eigenvalue weighted by molar-refractivity contribution is -0.0533. The Labute approximate surface area is 65.3 Å². The molecule has 1 saturated carbocycles. The van der Waals surface area contributed by atoms with Gasteiger partial charge in [-0.05, 0) is 12.8 Å². The van der Waals surface area contributed by atoms with E-state index < -0.39 is 12.8 Å². The number of alkyl halides is 1. The van der Waals surface area contributed by atoms with Gasteiger partial charge in [-0.15, -0.1) is 0 Å². The van der Waals surface area contributed by atoms with E-state index in [0.717, 1.165) is 12.8 Å². The minimum atomic E-state index is -0.966. The van der Waals surface area contributed by atoms with E-state index in [4.69, 9.17) is 15.6 Å². The van der Waals surface area contributed by atoms with E-state index in [0.29, 0.717) is 0 Å². The van der Waals surface area contributed by atoms with Crippen LogP contribution in [0, 0.1) is 0 Å². The van der Waals surface area contributed by atoms with Crippen LogP contribution in [0.3, 0.4) is 0 Å². The van der Waals surface area contributed by atoms with Crippen LogP contribution in [0.5, 0.6) is 0 Å². The molecule has 0 bridgehead atoms.